The summed E-state index contributed by atoms with van der Waals surface area (Å²) in [4.78, 5) is 4.30. The molecule has 0 aromatic heterocycles. The third kappa shape index (κ3) is 4.93. The average molecular weight is 538 g/mol. The van der Waals surface area contributed by atoms with Crippen LogP contribution in [0.2, 0.25) is 19.6 Å². The van der Waals surface area contributed by atoms with Crippen molar-refractivity contribution in [3.05, 3.63) is 78.8 Å². The SMILES string of the molecule is C=C[Si](C)(C)O[Si](C)(C=C)C=C1N(C)C=CN1c1ccccc1.[Pt]. The van der Waals surface area contributed by atoms with Crippen molar-refractivity contribution >= 4 is 22.3 Å². The van der Waals surface area contributed by atoms with Crippen LogP contribution in [0.4, 0.5) is 5.69 Å². The zero-order valence-corrected chi connectivity index (χ0v) is 19.1. The van der Waals surface area contributed by atoms with Crippen LogP contribution in [0.3, 0.4) is 0 Å². The van der Waals surface area contributed by atoms with Gasteiger partial charge in [0.25, 0.3) is 0 Å². The monoisotopic (exact) mass is 537 g/mol. The zero-order valence-electron chi connectivity index (χ0n) is 14.8. The van der Waals surface area contributed by atoms with Crippen molar-refractivity contribution in [1.29, 1.82) is 0 Å². The molecule has 0 aliphatic carbocycles. The van der Waals surface area contributed by atoms with Crippen LogP contribution in [0, 0.1) is 0 Å². The second-order valence-electron chi connectivity index (χ2n) is 6.41. The molecule has 2 rings (SSSR count). The van der Waals surface area contributed by atoms with E-state index in [1.807, 2.05) is 29.6 Å². The predicted octanol–water partition coefficient (Wildman–Crippen LogP) is 4.54. The Hall–Kier alpha value is -1.14. The fourth-order valence-corrected chi connectivity index (χ4v) is 8.87. The molecule has 1 aromatic carbocycles. The maximum atomic E-state index is 6.50. The zero-order chi connectivity index (χ0) is 17.1. The molecular weight excluding hydrogens is 511 g/mol. The van der Waals surface area contributed by atoms with Gasteiger partial charge in [-0.2, -0.15) is 0 Å². The van der Waals surface area contributed by atoms with Gasteiger partial charge < -0.3 is 13.9 Å². The van der Waals surface area contributed by atoms with Crippen molar-refractivity contribution < 1.29 is 25.2 Å². The molecule has 1 heterocycles. The molecule has 1 aromatic rings. The van der Waals surface area contributed by atoms with Crippen LogP contribution in [0.5, 0.6) is 0 Å². The van der Waals surface area contributed by atoms with E-state index in [2.05, 4.69) is 79.9 Å². The molecule has 24 heavy (non-hydrogen) atoms. The van der Waals surface area contributed by atoms with Crippen molar-refractivity contribution in [1.82, 2.24) is 4.90 Å². The largest absolute Gasteiger partial charge is 0.446 e. The molecule has 1 aliphatic heterocycles. The van der Waals surface area contributed by atoms with Gasteiger partial charge in [-0.05, 0) is 37.5 Å². The summed E-state index contributed by atoms with van der Waals surface area (Å²) in [5, 5.41) is 0. The van der Waals surface area contributed by atoms with Crippen LogP contribution in [-0.2, 0) is 25.2 Å². The minimum absolute atomic E-state index is 0. The Balaban J connectivity index is 0.00000288. The third-order valence-corrected chi connectivity index (χ3v) is 10.4. The standard InChI is InChI=1S/C18H26N2OSi2.Pt/c1-7-22(4,5)21-23(6,8-2)16-18-19(3)14-15-20(18)17-12-10-9-11-13-17;/h7-16H,1-2H2,3-6H3;. The maximum absolute atomic E-state index is 6.50. The first-order chi connectivity index (χ1) is 10.8. The molecule has 6 heteroatoms. The Labute approximate surface area is 162 Å². The van der Waals surface area contributed by atoms with Crippen LogP contribution in [0.25, 0.3) is 0 Å². The van der Waals surface area contributed by atoms with Gasteiger partial charge in [-0.15, -0.1) is 13.2 Å². The first-order valence-electron chi connectivity index (χ1n) is 7.76. The minimum Gasteiger partial charge on any atom is -0.446 e. The topological polar surface area (TPSA) is 15.7 Å². The van der Waals surface area contributed by atoms with Gasteiger partial charge in [0.05, 0.1) is 0 Å². The first kappa shape index (κ1) is 20.9. The Kier molecular flexibility index (Phi) is 7.23. The fraction of sp³-hybridized carbons (Fsp3) is 0.222. The molecule has 0 saturated carbocycles. The van der Waals surface area contributed by atoms with E-state index in [4.69, 9.17) is 4.12 Å². The summed E-state index contributed by atoms with van der Waals surface area (Å²) < 4.78 is 6.50. The average Bonchev–Trinajstić information content (AvgIpc) is 2.88. The Morgan fingerprint density at radius 1 is 1.00 bits per heavy atom. The molecule has 132 valence electrons. The molecule has 1 unspecified atom stereocenters. The normalized spacial score (nSPS) is 18.2. The van der Waals surface area contributed by atoms with E-state index >= 15 is 0 Å². The summed E-state index contributed by atoms with van der Waals surface area (Å²) in [6.45, 7) is 14.5. The van der Waals surface area contributed by atoms with Crippen molar-refractivity contribution in [3.63, 3.8) is 0 Å². The van der Waals surface area contributed by atoms with Crippen molar-refractivity contribution in [2.24, 2.45) is 0 Å². The Bertz CT molecular complexity index is 646. The number of hydrogen-bond acceptors (Lipinski definition) is 3. The molecular formula is C18H26N2OPtSi2. The first-order valence-corrected chi connectivity index (χ1v) is 13.3. The summed E-state index contributed by atoms with van der Waals surface area (Å²) in [5.74, 6) is 1.11. The quantitative estimate of drug-likeness (QED) is 0.496. The number of para-hydroxylation sites is 1. The van der Waals surface area contributed by atoms with E-state index in [0.717, 1.165) is 11.5 Å². The van der Waals surface area contributed by atoms with Crippen LogP contribution in [-0.4, -0.2) is 28.6 Å². The molecule has 0 bridgehead atoms. The summed E-state index contributed by atoms with van der Waals surface area (Å²) in [5.41, 5.74) is 7.37. The van der Waals surface area contributed by atoms with Gasteiger partial charge in [-0.1, -0.05) is 29.6 Å². The van der Waals surface area contributed by atoms with Crippen LogP contribution in [0.1, 0.15) is 0 Å². The fourth-order valence-electron chi connectivity index (χ4n) is 2.46. The van der Waals surface area contributed by atoms with Crippen molar-refractivity contribution in [3.8, 4) is 0 Å². The summed E-state index contributed by atoms with van der Waals surface area (Å²) in [7, 11) is -2.01. The number of nitrogens with zero attached hydrogens (tertiary/aromatic N) is 2. The third-order valence-electron chi connectivity index (χ3n) is 3.88. The second kappa shape index (κ2) is 8.30. The number of hydrogen-bond donors (Lipinski definition) is 0. The van der Waals surface area contributed by atoms with Gasteiger partial charge >= 0.3 is 0 Å². The van der Waals surface area contributed by atoms with Crippen LogP contribution in [0.15, 0.2) is 78.8 Å². The van der Waals surface area contributed by atoms with Gasteiger partial charge in [0, 0.05) is 46.2 Å². The van der Waals surface area contributed by atoms with E-state index < -0.39 is 16.6 Å². The van der Waals surface area contributed by atoms with Crippen molar-refractivity contribution in [2.75, 3.05) is 11.9 Å². The smallest absolute Gasteiger partial charge is 0.230 e. The van der Waals surface area contributed by atoms with E-state index in [9.17, 15) is 0 Å². The van der Waals surface area contributed by atoms with Gasteiger partial charge in [-0.3, -0.25) is 0 Å². The number of rotatable bonds is 6. The molecule has 0 spiro atoms. The summed E-state index contributed by atoms with van der Waals surface area (Å²) >= 11 is 0. The van der Waals surface area contributed by atoms with E-state index in [1.165, 1.54) is 0 Å². The number of anilines is 1. The van der Waals surface area contributed by atoms with Gasteiger partial charge in [0.15, 0.2) is 8.32 Å². The molecule has 0 saturated heterocycles. The van der Waals surface area contributed by atoms with E-state index in [-0.39, 0.29) is 21.1 Å². The van der Waals surface area contributed by atoms with E-state index in [0.29, 0.717) is 0 Å². The number of benzene rings is 1. The van der Waals surface area contributed by atoms with E-state index in [1.54, 1.807) is 0 Å². The minimum atomic E-state index is -2.19. The Morgan fingerprint density at radius 2 is 1.62 bits per heavy atom. The molecule has 1 aliphatic rings. The van der Waals surface area contributed by atoms with Crippen molar-refractivity contribution in [2.45, 2.75) is 19.6 Å². The molecule has 0 amide bonds. The predicted molar refractivity (Wildman–Crippen MR) is 104 cm³/mol. The molecule has 0 fully saturated rings. The van der Waals surface area contributed by atoms with Crippen LogP contribution >= 0.6 is 0 Å². The molecule has 0 radical (unpaired) electrons. The molecule has 0 N–H and O–H groups in total. The Morgan fingerprint density at radius 3 is 2.17 bits per heavy atom. The van der Waals surface area contributed by atoms with Gasteiger partial charge in [0.1, 0.15) is 5.82 Å². The van der Waals surface area contributed by atoms with Gasteiger partial charge in [-0.25, -0.2) is 0 Å². The van der Waals surface area contributed by atoms with Crippen LogP contribution < -0.4 is 4.90 Å². The summed E-state index contributed by atoms with van der Waals surface area (Å²) in [6, 6.07) is 10.3. The second-order valence-corrected chi connectivity index (χ2v) is 13.9. The molecule has 1 atom stereocenters. The van der Waals surface area contributed by atoms with Gasteiger partial charge in [0.2, 0.25) is 8.32 Å². The molecule has 3 nitrogen and oxygen atoms in total. The summed E-state index contributed by atoms with van der Waals surface area (Å²) in [6.07, 6.45) is 4.14. The maximum Gasteiger partial charge on any atom is 0.230 e.